The highest BCUT2D eigenvalue weighted by atomic mass is 16.6. The zero-order valence-corrected chi connectivity index (χ0v) is 44.3. The molecule has 0 aromatic rings. The molecule has 0 spiro atoms. The molecule has 0 aliphatic heterocycles. The molecular formula is C63H100O6. The first-order valence-corrected chi connectivity index (χ1v) is 27.7. The van der Waals surface area contributed by atoms with Gasteiger partial charge in [0.25, 0.3) is 0 Å². The minimum absolute atomic E-state index is 0.114. The van der Waals surface area contributed by atoms with Crippen LogP contribution in [0.15, 0.2) is 134 Å². The maximum absolute atomic E-state index is 12.8. The first-order chi connectivity index (χ1) is 34.0. The van der Waals surface area contributed by atoms with Gasteiger partial charge in [0.05, 0.1) is 0 Å². The van der Waals surface area contributed by atoms with Gasteiger partial charge in [0.2, 0.25) is 0 Å². The summed E-state index contributed by atoms with van der Waals surface area (Å²) in [7, 11) is 0. The van der Waals surface area contributed by atoms with Crippen molar-refractivity contribution in [3.8, 4) is 0 Å². The topological polar surface area (TPSA) is 78.9 Å². The van der Waals surface area contributed by atoms with Gasteiger partial charge in [-0.05, 0) is 135 Å². The summed E-state index contributed by atoms with van der Waals surface area (Å²) in [5, 5.41) is 0. The fourth-order valence-electron chi connectivity index (χ4n) is 7.02. The summed E-state index contributed by atoms with van der Waals surface area (Å²) in [4.78, 5) is 38.1. The van der Waals surface area contributed by atoms with Crippen molar-refractivity contribution in [1.82, 2.24) is 0 Å². The van der Waals surface area contributed by atoms with E-state index in [1.165, 1.54) is 38.5 Å². The number of allylic oxidation sites excluding steroid dienone is 22. The third-order valence-corrected chi connectivity index (χ3v) is 11.1. The van der Waals surface area contributed by atoms with Crippen molar-refractivity contribution < 1.29 is 28.6 Å². The summed E-state index contributed by atoms with van der Waals surface area (Å²) >= 11 is 0. The smallest absolute Gasteiger partial charge is 0.306 e. The van der Waals surface area contributed by atoms with Crippen molar-refractivity contribution >= 4 is 17.9 Å². The lowest BCUT2D eigenvalue weighted by atomic mass is 10.1. The first-order valence-electron chi connectivity index (χ1n) is 27.7. The summed E-state index contributed by atoms with van der Waals surface area (Å²) in [6.45, 7) is 6.32. The molecule has 0 fully saturated rings. The Bertz CT molecular complexity index is 1430. The van der Waals surface area contributed by atoms with E-state index in [4.69, 9.17) is 14.2 Å². The number of carbonyl (C=O) groups excluding carboxylic acids is 3. The van der Waals surface area contributed by atoms with E-state index < -0.39 is 6.10 Å². The van der Waals surface area contributed by atoms with Crippen LogP contribution in [0.25, 0.3) is 0 Å². The Hall–Kier alpha value is -4.45. The molecule has 69 heavy (non-hydrogen) atoms. The highest BCUT2D eigenvalue weighted by molar-refractivity contribution is 5.71. The van der Waals surface area contributed by atoms with Gasteiger partial charge >= 0.3 is 17.9 Å². The maximum atomic E-state index is 12.8. The molecule has 0 unspecified atom stereocenters. The highest BCUT2D eigenvalue weighted by Gasteiger charge is 2.19. The quantitative estimate of drug-likeness (QED) is 0.0262. The Morgan fingerprint density at radius 2 is 0.565 bits per heavy atom. The van der Waals surface area contributed by atoms with Crippen LogP contribution >= 0.6 is 0 Å². The number of esters is 3. The minimum Gasteiger partial charge on any atom is -0.462 e. The Balaban J connectivity index is 4.52. The third-order valence-electron chi connectivity index (χ3n) is 11.1. The molecule has 0 amide bonds. The number of unbranched alkanes of at least 4 members (excludes halogenated alkanes) is 15. The lowest BCUT2D eigenvalue weighted by molar-refractivity contribution is -0.167. The number of hydrogen-bond donors (Lipinski definition) is 0. The van der Waals surface area contributed by atoms with E-state index in [1.807, 2.05) is 0 Å². The molecule has 0 aromatic carbocycles. The maximum Gasteiger partial charge on any atom is 0.306 e. The van der Waals surface area contributed by atoms with Crippen molar-refractivity contribution in [3.63, 3.8) is 0 Å². The summed E-state index contributed by atoms with van der Waals surface area (Å²) < 4.78 is 16.8. The molecular weight excluding hydrogens is 853 g/mol. The molecule has 0 saturated carbocycles. The molecule has 0 aliphatic carbocycles. The van der Waals surface area contributed by atoms with Crippen LogP contribution in [0.3, 0.4) is 0 Å². The third kappa shape index (κ3) is 54.4. The largest absolute Gasteiger partial charge is 0.462 e. The van der Waals surface area contributed by atoms with E-state index in [9.17, 15) is 14.4 Å². The van der Waals surface area contributed by atoms with Gasteiger partial charge in [-0.1, -0.05) is 206 Å². The second kappa shape index (κ2) is 56.1. The molecule has 388 valence electrons. The van der Waals surface area contributed by atoms with Crippen molar-refractivity contribution in [2.45, 2.75) is 232 Å². The summed E-state index contributed by atoms with van der Waals surface area (Å²) in [5.41, 5.74) is 0. The van der Waals surface area contributed by atoms with Crippen LogP contribution in [0.1, 0.15) is 226 Å². The Morgan fingerprint density at radius 1 is 0.304 bits per heavy atom. The van der Waals surface area contributed by atoms with Crippen molar-refractivity contribution in [3.05, 3.63) is 134 Å². The van der Waals surface area contributed by atoms with Gasteiger partial charge in [0.1, 0.15) is 13.2 Å². The predicted octanol–water partition coefficient (Wildman–Crippen LogP) is 18.6. The number of carbonyl (C=O) groups is 3. The summed E-state index contributed by atoms with van der Waals surface area (Å²) in [6, 6.07) is 0. The van der Waals surface area contributed by atoms with E-state index in [1.54, 1.807) is 0 Å². The first kappa shape index (κ1) is 64.5. The Kier molecular flexibility index (Phi) is 52.5. The van der Waals surface area contributed by atoms with Crippen molar-refractivity contribution in [1.29, 1.82) is 0 Å². The summed E-state index contributed by atoms with van der Waals surface area (Å²) in [6.07, 6.45) is 78.6. The second-order valence-electron chi connectivity index (χ2n) is 17.7. The zero-order valence-electron chi connectivity index (χ0n) is 44.3. The van der Waals surface area contributed by atoms with Crippen LogP contribution < -0.4 is 0 Å². The van der Waals surface area contributed by atoms with Crippen molar-refractivity contribution in [2.75, 3.05) is 13.2 Å². The molecule has 6 heteroatoms. The molecule has 0 atom stereocenters. The average Bonchev–Trinajstić information content (AvgIpc) is 3.35. The van der Waals surface area contributed by atoms with Gasteiger partial charge in [0.15, 0.2) is 6.10 Å². The molecule has 0 saturated heterocycles. The fraction of sp³-hybridized carbons (Fsp3) is 0.603. The number of hydrogen-bond acceptors (Lipinski definition) is 6. The van der Waals surface area contributed by atoms with Gasteiger partial charge < -0.3 is 14.2 Å². The van der Waals surface area contributed by atoms with Gasteiger partial charge in [0, 0.05) is 19.3 Å². The van der Waals surface area contributed by atoms with Crippen LogP contribution in [-0.2, 0) is 28.6 Å². The fourth-order valence-corrected chi connectivity index (χ4v) is 7.02. The molecule has 0 aliphatic rings. The Labute approximate surface area is 424 Å². The van der Waals surface area contributed by atoms with Crippen LogP contribution in [0.4, 0.5) is 0 Å². The van der Waals surface area contributed by atoms with Crippen LogP contribution in [-0.4, -0.2) is 37.2 Å². The minimum atomic E-state index is -0.815. The molecule has 0 radical (unpaired) electrons. The van der Waals surface area contributed by atoms with Gasteiger partial charge in [-0.25, -0.2) is 0 Å². The normalized spacial score (nSPS) is 12.8. The molecule has 0 aromatic heterocycles. The molecule has 0 bridgehead atoms. The standard InChI is InChI=1S/C63H100O6/c1-4-7-10-13-16-19-22-25-27-29-31-33-35-38-40-43-46-49-52-55-61(64)67-58-60(69-63(66)57-54-51-48-45-42-37-24-21-18-15-12-9-6-3)59-68-62(65)56-53-50-47-44-41-39-36-34-32-30-28-26-23-20-17-14-11-8-5-2/h7-8,10-11,16-17,19-21,24-28,31-34,38-41,60H,4-6,9,12-15,18,22-23,29-30,35-37,42-59H2,1-3H3/b10-7-,11-8-,19-16-,20-17-,24-21-,27-25-,28-26-,33-31-,34-32-,40-38-,41-39-. The second-order valence-corrected chi connectivity index (χ2v) is 17.7. The molecule has 0 rings (SSSR count). The van der Waals surface area contributed by atoms with Crippen LogP contribution in [0.2, 0.25) is 0 Å². The Morgan fingerprint density at radius 3 is 0.913 bits per heavy atom. The monoisotopic (exact) mass is 953 g/mol. The van der Waals surface area contributed by atoms with Crippen LogP contribution in [0.5, 0.6) is 0 Å². The van der Waals surface area contributed by atoms with E-state index in [0.29, 0.717) is 19.3 Å². The highest BCUT2D eigenvalue weighted by Crippen LogP contribution is 2.12. The van der Waals surface area contributed by atoms with E-state index in [-0.39, 0.29) is 31.1 Å². The van der Waals surface area contributed by atoms with E-state index in [2.05, 4.69) is 154 Å². The molecule has 6 nitrogen and oxygen atoms in total. The summed E-state index contributed by atoms with van der Waals surface area (Å²) in [5.74, 6) is -0.990. The van der Waals surface area contributed by atoms with E-state index >= 15 is 0 Å². The number of rotatable bonds is 48. The zero-order chi connectivity index (χ0) is 50.0. The van der Waals surface area contributed by atoms with Crippen LogP contribution in [0, 0.1) is 0 Å². The van der Waals surface area contributed by atoms with Gasteiger partial charge in [-0.15, -0.1) is 0 Å². The lowest BCUT2D eigenvalue weighted by Crippen LogP contribution is -2.30. The van der Waals surface area contributed by atoms with E-state index in [0.717, 1.165) is 148 Å². The SMILES string of the molecule is CC/C=C\C/C=C\C/C=C\C/C=C\C/C=C\CCCCCC(=O)OCC(COC(=O)CCCCC/C=C\C/C=C\C/C=C\C/C=C\C/C=C\CC)OC(=O)CCCCCCC/C=C\CCCCCC. The average molecular weight is 953 g/mol. The number of ether oxygens (including phenoxy) is 3. The molecule has 0 heterocycles. The van der Waals surface area contributed by atoms with Crippen molar-refractivity contribution in [2.24, 2.45) is 0 Å². The van der Waals surface area contributed by atoms with Gasteiger partial charge in [-0.3, -0.25) is 14.4 Å². The predicted molar refractivity (Wildman–Crippen MR) is 297 cm³/mol. The van der Waals surface area contributed by atoms with Gasteiger partial charge in [-0.2, -0.15) is 0 Å². The molecule has 0 N–H and O–H groups in total. The lowest BCUT2D eigenvalue weighted by Gasteiger charge is -2.18.